The quantitative estimate of drug-likeness (QED) is 0.463. The lowest BCUT2D eigenvalue weighted by Crippen LogP contribution is -2.38. The summed E-state index contributed by atoms with van der Waals surface area (Å²) in [5, 5.41) is 0. The number of aromatic nitrogens is 2. The third-order valence-electron chi connectivity index (χ3n) is 6.24. The summed E-state index contributed by atoms with van der Waals surface area (Å²) in [4.78, 5) is 9.45. The van der Waals surface area contributed by atoms with Crippen molar-refractivity contribution in [2.75, 3.05) is 14.1 Å². The van der Waals surface area contributed by atoms with Gasteiger partial charge in [-0.3, -0.25) is 4.98 Å². The van der Waals surface area contributed by atoms with E-state index in [1.807, 2.05) is 19.2 Å². The maximum atomic E-state index is 6.40. The van der Waals surface area contributed by atoms with E-state index in [4.69, 9.17) is 9.40 Å². The summed E-state index contributed by atoms with van der Waals surface area (Å²) < 4.78 is 7.19. The van der Waals surface area contributed by atoms with Gasteiger partial charge in [0.2, 0.25) is 5.89 Å². The molecule has 2 heterocycles. The number of hydrogen-bond donors (Lipinski definition) is 0. The molecule has 1 aromatic carbocycles. The highest BCUT2D eigenvalue weighted by atomic mass is 16.4. The third kappa shape index (κ3) is 5.17. The maximum absolute atomic E-state index is 6.40. The number of oxazole rings is 1. The minimum Gasteiger partial charge on any atom is -0.439 e. The van der Waals surface area contributed by atoms with Crippen LogP contribution in [0.1, 0.15) is 66.6 Å². The van der Waals surface area contributed by atoms with Gasteiger partial charge in [0, 0.05) is 5.69 Å². The summed E-state index contributed by atoms with van der Waals surface area (Å²) in [5.74, 6) is 2.72. The highest BCUT2D eigenvalue weighted by molar-refractivity contribution is 5.26. The van der Waals surface area contributed by atoms with E-state index < -0.39 is 0 Å². The minimum absolute atomic E-state index is 0.259. The summed E-state index contributed by atoms with van der Waals surface area (Å²) in [5.41, 5.74) is 3.51. The zero-order valence-electron chi connectivity index (χ0n) is 18.6. The van der Waals surface area contributed by atoms with E-state index >= 15 is 0 Å². The molecule has 0 amide bonds. The second-order valence-corrected chi connectivity index (χ2v) is 9.47. The summed E-state index contributed by atoms with van der Waals surface area (Å²) >= 11 is 0. The molecule has 1 aliphatic rings. The Morgan fingerprint density at radius 3 is 2.47 bits per heavy atom. The number of nitrogens with zero attached hydrogens (tertiary/aromatic N) is 3. The Bertz CT molecular complexity index is 942. The standard InChI is InChI=1S/C26H34N3O/c1-20-11-10-16-23(28-20)18-29(2,3)19-24-17-27-26(30-24)25(21-12-6-4-7-13-21)22-14-8-5-9-15-22/h4,6-7,10-13,16-17,22,25H,5,8-9,14-15,18-19H2,1-3H3/q+1. The van der Waals surface area contributed by atoms with Gasteiger partial charge in [-0.05, 0) is 43.4 Å². The normalized spacial score (nSPS) is 16.5. The van der Waals surface area contributed by atoms with Gasteiger partial charge in [0.1, 0.15) is 13.1 Å². The average Bonchev–Trinajstić information content (AvgIpc) is 3.16. The van der Waals surface area contributed by atoms with Crippen molar-refractivity contribution in [2.24, 2.45) is 5.92 Å². The zero-order chi connectivity index (χ0) is 21.0. The maximum Gasteiger partial charge on any atom is 0.202 e. The number of rotatable bonds is 7. The van der Waals surface area contributed by atoms with Crippen molar-refractivity contribution < 1.29 is 8.90 Å². The van der Waals surface area contributed by atoms with Gasteiger partial charge in [-0.15, -0.1) is 0 Å². The Morgan fingerprint density at radius 1 is 0.967 bits per heavy atom. The highest BCUT2D eigenvalue weighted by Crippen LogP contribution is 2.40. The molecule has 0 bridgehead atoms. The van der Waals surface area contributed by atoms with E-state index in [1.165, 1.54) is 37.7 Å². The lowest BCUT2D eigenvalue weighted by atomic mass is 9.77. The molecule has 1 unspecified atom stereocenters. The Labute approximate surface area is 180 Å². The molecule has 1 atom stereocenters. The van der Waals surface area contributed by atoms with E-state index in [0.717, 1.165) is 40.6 Å². The summed E-state index contributed by atoms with van der Waals surface area (Å²) in [6, 6.07) is 17.0. The summed E-state index contributed by atoms with van der Waals surface area (Å²) in [7, 11) is 4.45. The number of benzene rings is 1. The van der Waals surface area contributed by atoms with Crippen LogP contribution >= 0.6 is 0 Å². The second kappa shape index (κ2) is 9.13. The van der Waals surface area contributed by atoms with Crippen LogP contribution in [0.3, 0.4) is 0 Å². The van der Waals surface area contributed by atoms with E-state index in [-0.39, 0.29) is 5.92 Å². The number of aryl methyl sites for hydroxylation is 1. The van der Waals surface area contributed by atoms with Crippen molar-refractivity contribution in [3.05, 3.63) is 83.3 Å². The number of hydrogen-bond acceptors (Lipinski definition) is 3. The molecule has 3 aromatic rings. The van der Waals surface area contributed by atoms with Crippen molar-refractivity contribution in [1.29, 1.82) is 0 Å². The van der Waals surface area contributed by atoms with Crippen molar-refractivity contribution >= 4 is 0 Å². The Morgan fingerprint density at radius 2 is 1.73 bits per heavy atom. The van der Waals surface area contributed by atoms with Crippen LogP contribution in [-0.2, 0) is 13.1 Å². The van der Waals surface area contributed by atoms with Crippen molar-refractivity contribution in [2.45, 2.75) is 58.0 Å². The molecule has 0 radical (unpaired) electrons. The molecule has 0 saturated heterocycles. The molecule has 4 rings (SSSR count). The molecule has 1 fully saturated rings. The van der Waals surface area contributed by atoms with Gasteiger partial charge in [-0.25, -0.2) is 4.98 Å². The van der Waals surface area contributed by atoms with Gasteiger partial charge in [-0.2, -0.15) is 0 Å². The smallest absolute Gasteiger partial charge is 0.202 e. The predicted octanol–water partition coefficient (Wildman–Crippen LogP) is 5.87. The minimum atomic E-state index is 0.259. The number of pyridine rings is 1. The predicted molar refractivity (Wildman–Crippen MR) is 120 cm³/mol. The lowest BCUT2D eigenvalue weighted by molar-refractivity contribution is -0.918. The molecule has 1 aliphatic carbocycles. The van der Waals surface area contributed by atoms with Crippen LogP contribution in [0.25, 0.3) is 0 Å². The first-order valence-corrected chi connectivity index (χ1v) is 11.2. The molecular weight excluding hydrogens is 370 g/mol. The SMILES string of the molecule is Cc1cccc(C[N+](C)(C)Cc2cnc(C(c3ccccc3)C3CCCCC3)o2)n1. The monoisotopic (exact) mass is 404 g/mol. The molecular formula is C26H34N3O+. The van der Waals surface area contributed by atoms with Crippen LogP contribution in [-0.4, -0.2) is 28.5 Å². The Kier molecular flexibility index (Phi) is 6.33. The third-order valence-corrected chi connectivity index (χ3v) is 6.24. The van der Waals surface area contributed by atoms with Crippen LogP contribution in [0.5, 0.6) is 0 Å². The van der Waals surface area contributed by atoms with Gasteiger partial charge in [0.25, 0.3) is 0 Å². The summed E-state index contributed by atoms with van der Waals surface area (Å²) in [6.07, 6.45) is 8.45. The molecule has 0 aliphatic heterocycles. The Hall–Kier alpha value is -2.46. The Balaban J connectivity index is 1.53. The fourth-order valence-electron chi connectivity index (χ4n) is 4.89. The molecule has 2 aromatic heterocycles. The summed E-state index contributed by atoms with van der Waals surface area (Å²) in [6.45, 7) is 3.71. The van der Waals surface area contributed by atoms with E-state index in [0.29, 0.717) is 5.92 Å². The molecule has 4 heteroatoms. The van der Waals surface area contributed by atoms with Crippen LogP contribution in [0.15, 0.2) is 59.1 Å². The molecule has 1 saturated carbocycles. The first-order chi connectivity index (χ1) is 14.5. The topological polar surface area (TPSA) is 38.9 Å². The largest absolute Gasteiger partial charge is 0.439 e. The number of quaternary nitrogens is 1. The van der Waals surface area contributed by atoms with E-state index in [9.17, 15) is 0 Å². The van der Waals surface area contributed by atoms with Crippen molar-refractivity contribution in [1.82, 2.24) is 9.97 Å². The van der Waals surface area contributed by atoms with E-state index in [2.05, 4.69) is 61.5 Å². The van der Waals surface area contributed by atoms with Crippen LogP contribution in [0.2, 0.25) is 0 Å². The van der Waals surface area contributed by atoms with Gasteiger partial charge in [0.15, 0.2) is 5.76 Å². The lowest BCUT2D eigenvalue weighted by Gasteiger charge is -2.29. The van der Waals surface area contributed by atoms with Gasteiger partial charge < -0.3 is 8.90 Å². The molecule has 30 heavy (non-hydrogen) atoms. The molecule has 158 valence electrons. The van der Waals surface area contributed by atoms with Gasteiger partial charge >= 0.3 is 0 Å². The molecule has 0 N–H and O–H groups in total. The van der Waals surface area contributed by atoms with Crippen LogP contribution in [0.4, 0.5) is 0 Å². The first kappa shape index (κ1) is 20.8. The first-order valence-electron chi connectivity index (χ1n) is 11.2. The second-order valence-electron chi connectivity index (χ2n) is 9.47. The molecule has 4 nitrogen and oxygen atoms in total. The van der Waals surface area contributed by atoms with Crippen molar-refractivity contribution in [3.8, 4) is 0 Å². The van der Waals surface area contributed by atoms with E-state index in [1.54, 1.807) is 0 Å². The van der Waals surface area contributed by atoms with Gasteiger partial charge in [-0.1, -0.05) is 55.7 Å². The molecule has 0 spiro atoms. The fraction of sp³-hybridized carbons (Fsp3) is 0.462. The van der Waals surface area contributed by atoms with Crippen molar-refractivity contribution in [3.63, 3.8) is 0 Å². The fourth-order valence-corrected chi connectivity index (χ4v) is 4.89. The average molecular weight is 405 g/mol. The van der Waals surface area contributed by atoms with Crippen LogP contribution in [0, 0.1) is 12.8 Å². The highest BCUT2D eigenvalue weighted by Gasteiger charge is 2.31. The van der Waals surface area contributed by atoms with Crippen LogP contribution < -0.4 is 0 Å². The zero-order valence-corrected chi connectivity index (χ0v) is 18.6. The van der Waals surface area contributed by atoms with Gasteiger partial charge in [0.05, 0.1) is 31.9 Å².